The van der Waals surface area contributed by atoms with Gasteiger partial charge in [-0.15, -0.1) is 11.3 Å². The predicted molar refractivity (Wildman–Crippen MR) is 166 cm³/mol. The summed E-state index contributed by atoms with van der Waals surface area (Å²) in [5.74, 6) is -0.746. The first-order valence-electron chi connectivity index (χ1n) is 15.0. The van der Waals surface area contributed by atoms with Gasteiger partial charge in [0.1, 0.15) is 18.7 Å². The number of likely N-dealkylation sites (tertiary alicyclic amines) is 1. The van der Waals surface area contributed by atoms with Crippen LogP contribution in [0.5, 0.6) is 0 Å². The summed E-state index contributed by atoms with van der Waals surface area (Å²) in [6.07, 6.45) is 2.46. The number of aromatic nitrogens is 1. The number of hydrogen-bond acceptors (Lipinski definition) is 8. The minimum absolute atomic E-state index is 0.0221. The number of rotatable bonds is 8. The van der Waals surface area contributed by atoms with Gasteiger partial charge in [0.05, 0.1) is 11.8 Å². The van der Waals surface area contributed by atoms with E-state index in [4.69, 9.17) is 9.72 Å². The van der Waals surface area contributed by atoms with E-state index in [1.54, 1.807) is 28.4 Å². The highest BCUT2D eigenvalue weighted by atomic mass is 32.1. The second kappa shape index (κ2) is 12.7. The Kier molecular flexibility index (Phi) is 9.15. The second-order valence-corrected chi connectivity index (χ2v) is 13.4. The third-order valence-electron chi connectivity index (χ3n) is 8.80. The number of carbonyl (C=O) groups is 3. The smallest absolute Gasteiger partial charge is 0.251 e. The molecular weight excluding hydrogens is 550 g/mol. The summed E-state index contributed by atoms with van der Waals surface area (Å²) in [5, 5.41) is 4.05. The van der Waals surface area contributed by atoms with Crippen LogP contribution in [-0.4, -0.2) is 96.9 Å². The molecule has 42 heavy (non-hydrogen) atoms. The van der Waals surface area contributed by atoms with E-state index in [-0.39, 0.29) is 42.1 Å². The van der Waals surface area contributed by atoms with Gasteiger partial charge in [-0.2, -0.15) is 0 Å². The van der Waals surface area contributed by atoms with Crippen LogP contribution in [0.25, 0.3) is 11.3 Å². The number of amides is 2. The molecule has 2 aromatic rings. The Labute approximate surface area is 252 Å². The minimum Gasteiger partial charge on any atom is -0.367 e. The number of ether oxygens (including phenoxy) is 1. The molecule has 0 bridgehead atoms. The predicted octanol–water partition coefficient (Wildman–Crippen LogP) is 3.78. The summed E-state index contributed by atoms with van der Waals surface area (Å²) < 4.78 is 5.81. The van der Waals surface area contributed by atoms with Crippen LogP contribution in [0, 0.1) is 18.8 Å². The van der Waals surface area contributed by atoms with Gasteiger partial charge in [-0.25, -0.2) is 4.98 Å². The lowest BCUT2D eigenvalue weighted by Gasteiger charge is -2.32. The van der Waals surface area contributed by atoms with Gasteiger partial charge in [0, 0.05) is 54.6 Å². The number of piperazine rings is 1. The lowest BCUT2D eigenvalue weighted by molar-refractivity contribution is -0.139. The summed E-state index contributed by atoms with van der Waals surface area (Å²) in [6, 6.07) is 6.10. The molecule has 0 radical (unpaired) electrons. The van der Waals surface area contributed by atoms with E-state index in [0.29, 0.717) is 18.5 Å². The standard InChI is InChI=1S/C32H43N5O4S/c1-7-20(4)26(31(40)37-17-24(16-19(2)3)29-28(37)25(38)18-41-29)33-30(39)23-10-8-22(9-11-23)27-21(5)42-32(34-27)36-14-12-35(6)13-15-36/h8-11,16,20,24,26,28-29H,7,12-15,17-18H2,1-6H3,(H,33,39). The average Bonchev–Trinajstić information content (AvgIpc) is 3.66. The molecular formula is C32H43N5O4S. The van der Waals surface area contributed by atoms with Crippen LogP contribution in [0.15, 0.2) is 35.9 Å². The van der Waals surface area contributed by atoms with E-state index in [1.807, 2.05) is 39.8 Å². The third-order valence-corrected chi connectivity index (χ3v) is 9.83. The van der Waals surface area contributed by atoms with Crippen LogP contribution >= 0.6 is 11.3 Å². The highest BCUT2D eigenvalue weighted by Gasteiger charge is 2.52. The van der Waals surface area contributed by atoms with E-state index in [0.717, 1.165) is 53.0 Å². The van der Waals surface area contributed by atoms with Crippen LogP contribution < -0.4 is 10.2 Å². The van der Waals surface area contributed by atoms with E-state index < -0.39 is 12.1 Å². The largest absolute Gasteiger partial charge is 0.367 e. The van der Waals surface area contributed by atoms with Crippen molar-refractivity contribution in [3.05, 3.63) is 46.4 Å². The quantitative estimate of drug-likeness (QED) is 0.466. The minimum atomic E-state index is -0.742. The summed E-state index contributed by atoms with van der Waals surface area (Å²) >= 11 is 1.71. The normalized spacial score (nSPS) is 24.0. The molecule has 9 nitrogen and oxygen atoms in total. The van der Waals surface area contributed by atoms with E-state index in [9.17, 15) is 14.4 Å². The van der Waals surface area contributed by atoms with Crippen molar-refractivity contribution in [3.63, 3.8) is 0 Å². The van der Waals surface area contributed by atoms with Crippen molar-refractivity contribution in [2.45, 2.75) is 59.2 Å². The van der Waals surface area contributed by atoms with Gasteiger partial charge in [0.25, 0.3) is 5.91 Å². The van der Waals surface area contributed by atoms with Crippen LogP contribution in [0.1, 0.15) is 49.4 Å². The number of aryl methyl sites for hydroxylation is 1. The number of carbonyl (C=O) groups excluding carboxylic acids is 3. The van der Waals surface area contributed by atoms with Crippen LogP contribution in [0.4, 0.5) is 5.13 Å². The molecule has 5 unspecified atom stereocenters. The van der Waals surface area contributed by atoms with Gasteiger partial charge in [-0.3, -0.25) is 14.4 Å². The molecule has 0 aliphatic carbocycles. The van der Waals surface area contributed by atoms with Crippen LogP contribution in [0.2, 0.25) is 0 Å². The van der Waals surface area contributed by atoms with E-state index >= 15 is 0 Å². The molecule has 10 heteroatoms. The van der Waals surface area contributed by atoms with Crippen molar-refractivity contribution < 1.29 is 19.1 Å². The number of benzene rings is 1. The number of likely N-dealkylation sites (N-methyl/N-ethyl adjacent to an activating group) is 1. The maximum atomic E-state index is 13.9. The topological polar surface area (TPSA) is 95.1 Å². The van der Waals surface area contributed by atoms with Crippen LogP contribution in [-0.2, 0) is 14.3 Å². The second-order valence-electron chi connectivity index (χ2n) is 12.2. The molecule has 3 saturated heterocycles. The fourth-order valence-electron chi connectivity index (χ4n) is 6.14. The molecule has 226 valence electrons. The molecule has 1 aromatic heterocycles. The number of nitrogens with zero attached hydrogens (tertiary/aromatic N) is 4. The van der Waals surface area contributed by atoms with Crippen molar-refractivity contribution in [3.8, 4) is 11.3 Å². The third kappa shape index (κ3) is 6.16. The summed E-state index contributed by atoms with van der Waals surface area (Å²) in [6.45, 7) is 14.5. The lowest BCUT2D eigenvalue weighted by Crippen LogP contribution is -2.54. The number of fused-ring (bicyclic) bond motifs is 1. The first-order chi connectivity index (χ1) is 20.1. The highest BCUT2D eigenvalue weighted by molar-refractivity contribution is 7.16. The molecule has 2 amide bonds. The van der Waals surface area contributed by atoms with Gasteiger partial charge >= 0.3 is 0 Å². The fourth-order valence-corrected chi connectivity index (χ4v) is 7.13. The maximum absolute atomic E-state index is 13.9. The number of thiazole rings is 1. The lowest BCUT2D eigenvalue weighted by atomic mass is 9.96. The molecule has 0 spiro atoms. The van der Waals surface area contributed by atoms with Crippen LogP contribution in [0.3, 0.4) is 0 Å². The summed E-state index contributed by atoms with van der Waals surface area (Å²) in [5.41, 5.74) is 3.50. The number of hydrogen-bond donors (Lipinski definition) is 1. The van der Waals surface area contributed by atoms with Crippen molar-refractivity contribution >= 4 is 34.1 Å². The average molecular weight is 594 g/mol. The van der Waals surface area contributed by atoms with Crippen molar-refractivity contribution in [1.82, 2.24) is 20.1 Å². The Morgan fingerprint density at radius 2 is 1.86 bits per heavy atom. The van der Waals surface area contributed by atoms with Gasteiger partial charge in [-0.05, 0) is 45.9 Å². The molecule has 4 heterocycles. The molecule has 3 aliphatic heterocycles. The number of Topliss-reactive ketones (excluding diaryl/α,β-unsaturated/α-hetero) is 1. The Bertz CT molecular complexity index is 1340. The van der Waals surface area contributed by atoms with Gasteiger partial charge in [0.15, 0.2) is 10.9 Å². The Morgan fingerprint density at radius 1 is 1.17 bits per heavy atom. The molecule has 5 atom stereocenters. The zero-order valence-electron chi connectivity index (χ0n) is 25.6. The molecule has 1 aromatic carbocycles. The number of anilines is 1. The van der Waals surface area contributed by atoms with Gasteiger partial charge in [-0.1, -0.05) is 44.1 Å². The SMILES string of the molecule is CCC(C)C(NC(=O)c1ccc(-c2nc(N3CCN(C)CC3)sc2C)cc1)C(=O)N1CC(C=C(C)C)C2OCC(=O)C21. The summed E-state index contributed by atoms with van der Waals surface area (Å²) in [7, 11) is 2.14. The molecule has 3 aliphatic rings. The number of nitrogens with one attached hydrogen (secondary N) is 1. The van der Waals surface area contributed by atoms with Crippen molar-refractivity contribution in [2.75, 3.05) is 51.3 Å². The number of allylic oxidation sites excluding steroid dienone is 1. The zero-order chi connectivity index (χ0) is 30.1. The Balaban J connectivity index is 1.30. The molecule has 1 N–H and O–H groups in total. The summed E-state index contributed by atoms with van der Waals surface area (Å²) in [4.78, 5) is 52.5. The Morgan fingerprint density at radius 3 is 2.50 bits per heavy atom. The monoisotopic (exact) mass is 593 g/mol. The van der Waals surface area contributed by atoms with Crippen molar-refractivity contribution in [2.24, 2.45) is 11.8 Å². The molecule has 5 rings (SSSR count). The first-order valence-corrected chi connectivity index (χ1v) is 15.8. The van der Waals surface area contributed by atoms with E-state index in [2.05, 4.69) is 35.2 Å². The zero-order valence-corrected chi connectivity index (χ0v) is 26.4. The fraction of sp³-hybridized carbons (Fsp3) is 0.562. The molecule has 0 saturated carbocycles. The highest BCUT2D eigenvalue weighted by Crippen LogP contribution is 2.35. The first kappa shape index (κ1) is 30.4. The molecule has 3 fully saturated rings. The Hall–Kier alpha value is -3.08. The van der Waals surface area contributed by atoms with Crippen molar-refractivity contribution in [1.29, 1.82) is 0 Å². The van der Waals surface area contributed by atoms with E-state index in [1.165, 1.54) is 0 Å². The van der Waals surface area contributed by atoms with Gasteiger partial charge in [0.2, 0.25) is 5.91 Å². The van der Waals surface area contributed by atoms with Gasteiger partial charge < -0.3 is 24.8 Å². The number of ketones is 1. The maximum Gasteiger partial charge on any atom is 0.251 e.